The van der Waals surface area contributed by atoms with Gasteiger partial charge in [0.05, 0.1) is 35.3 Å². The molecule has 0 amide bonds. The van der Waals surface area contributed by atoms with Gasteiger partial charge in [0.15, 0.2) is 18.1 Å². The SMILES string of the molecule is COc1cc(C=Nn2c(-c3cc4cc(Cl)ccc4o3)nc3ccccc3c2=O)cc([N+](=O)[O-])c1OCC(=O)OC(C)C. The number of ether oxygens (including phenoxy) is 3. The van der Waals surface area contributed by atoms with Gasteiger partial charge in [0.25, 0.3) is 5.56 Å². The normalized spacial score (nSPS) is 11.5. The van der Waals surface area contributed by atoms with Gasteiger partial charge in [0.1, 0.15) is 5.58 Å². The minimum atomic E-state index is -0.699. The molecule has 0 bridgehead atoms. The number of carbonyl (C=O) groups excluding carboxylic acids is 1. The van der Waals surface area contributed by atoms with Gasteiger partial charge in [0, 0.05) is 22.0 Å². The van der Waals surface area contributed by atoms with Gasteiger partial charge >= 0.3 is 11.7 Å². The Bertz CT molecular complexity index is 1930. The van der Waals surface area contributed by atoms with Crippen LogP contribution in [0.3, 0.4) is 0 Å². The Hall–Kier alpha value is -5.23. The number of nitro groups is 1. The molecule has 0 atom stereocenters. The van der Waals surface area contributed by atoms with E-state index in [2.05, 4.69) is 10.1 Å². The number of rotatable bonds is 9. The van der Waals surface area contributed by atoms with Crippen LogP contribution in [0.15, 0.2) is 75.0 Å². The van der Waals surface area contributed by atoms with Gasteiger partial charge in [-0.1, -0.05) is 23.7 Å². The van der Waals surface area contributed by atoms with Crippen LogP contribution in [-0.2, 0) is 9.53 Å². The minimum absolute atomic E-state index is 0.0265. The number of hydrogen-bond acceptors (Lipinski definition) is 10. The topological polar surface area (TPSA) is 148 Å². The molecule has 5 aromatic rings. The summed E-state index contributed by atoms with van der Waals surface area (Å²) in [6.07, 6.45) is 0.861. The maximum atomic E-state index is 13.5. The molecule has 13 heteroatoms. The number of furan rings is 1. The highest BCUT2D eigenvalue weighted by atomic mass is 35.5. The van der Waals surface area contributed by atoms with Gasteiger partial charge < -0.3 is 18.6 Å². The van der Waals surface area contributed by atoms with Gasteiger partial charge in [-0.25, -0.2) is 9.78 Å². The molecular weight excluding hydrogens is 568 g/mol. The fraction of sp³-hybridized carbons (Fsp3) is 0.172. The number of fused-ring (bicyclic) bond motifs is 2. The van der Waals surface area contributed by atoms with Gasteiger partial charge in [0.2, 0.25) is 11.6 Å². The summed E-state index contributed by atoms with van der Waals surface area (Å²) in [5, 5.41) is 17.8. The second-order valence-electron chi connectivity index (χ2n) is 9.26. The minimum Gasteiger partial charge on any atom is -0.493 e. The van der Waals surface area contributed by atoms with E-state index in [9.17, 15) is 19.7 Å². The average Bonchev–Trinajstić information content (AvgIpc) is 3.38. The van der Waals surface area contributed by atoms with Gasteiger partial charge in [-0.2, -0.15) is 9.78 Å². The number of para-hydroxylation sites is 1. The largest absolute Gasteiger partial charge is 0.493 e. The van der Waals surface area contributed by atoms with Crippen molar-refractivity contribution in [3.8, 4) is 23.1 Å². The van der Waals surface area contributed by atoms with Gasteiger partial charge in [-0.3, -0.25) is 14.9 Å². The Morgan fingerprint density at radius 1 is 1.19 bits per heavy atom. The number of nitro benzene ring substituents is 1. The number of nitrogens with zero attached hydrogens (tertiary/aromatic N) is 4. The summed E-state index contributed by atoms with van der Waals surface area (Å²) in [7, 11) is 1.29. The molecule has 12 nitrogen and oxygen atoms in total. The van der Waals surface area contributed by atoms with Crippen LogP contribution in [0.1, 0.15) is 19.4 Å². The lowest BCUT2D eigenvalue weighted by Gasteiger charge is -2.13. The smallest absolute Gasteiger partial charge is 0.344 e. The number of hydrogen-bond donors (Lipinski definition) is 0. The number of halogens is 1. The third-order valence-corrected chi connectivity index (χ3v) is 6.19. The van der Waals surface area contributed by atoms with E-state index < -0.39 is 28.7 Å². The standard InChI is InChI=1S/C29H23ClN4O8/c1-16(2)41-26(35)15-40-27-22(34(37)38)10-17(11-24(27)39-3)14-31-33-28(32-21-7-5-4-6-20(21)29(33)36)25-13-18-12-19(30)8-9-23(18)42-25/h4-14,16H,15H2,1-3H3. The summed E-state index contributed by atoms with van der Waals surface area (Å²) in [6.45, 7) is 2.77. The van der Waals surface area contributed by atoms with E-state index >= 15 is 0 Å². The maximum Gasteiger partial charge on any atom is 0.344 e. The predicted molar refractivity (Wildman–Crippen MR) is 156 cm³/mol. The third-order valence-electron chi connectivity index (χ3n) is 5.95. The number of methoxy groups -OCH3 is 1. The monoisotopic (exact) mass is 590 g/mol. The number of aromatic nitrogens is 2. The first-order valence-electron chi connectivity index (χ1n) is 12.6. The Kier molecular flexibility index (Phi) is 7.89. The molecule has 0 aliphatic carbocycles. The van der Waals surface area contributed by atoms with Crippen molar-refractivity contribution < 1.29 is 28.3 Å². The first-order valence-corrected chi connectivity index (χ1v) is 13.0. The van der Waals surface area contributed by atoms with Crippen molar-refractivity contribution in [2.45, 2.75) is 20.0 Å². The van der Waals surface area contributed by atoms with E-state index in [1.54, 1.807) is 62.4 Å². The van der Waals surface area contributed by atoms with Crippen LogP contribution in [0.5, 0.6) is 11.5 Å². The molecule has 0 saturated carbocycles. The highest BCUT2D eigenvalue weighted by Crippen LogP contribution is 2.38. The summed E-state index contributed by atoms with van der Waals surface area (Å²) in [6, 6.07) is 16.1. The molecule has 0 unspecified atom stereocenters. The molecule has 0 aliphatic heterocycles. The first-order chi connectivity index (χ1) is 20.1. The molecule has 0 spiro atoms. The van der Waals surface area contributed by atoms with E-state index in [4.69, 9.17) is 30.2 Å². The van der Waals surface area contributed by atoms with E-state index in [-0.39, 0.29) is 34.8 Å². The molecule has 0 aliphatic rings. The van der Waals surface area contributed by atoms with E-state index in [0.29, 0.717) is 26.9 Å². The summed E-state index contributed by atoms with van der Waals surface area (Å²) < 4.78 is 22.8. The maximum absolute atomic E-state index is 13.5. The van der Waals surface area contributed by atoms with Crippen molar-refractivity contribution in [3.63, 3.8) is 0 Å². The van der Waals surface area contributed by atoms with E-state index in [0.717, 1.165) is 4.68 Å². The second kappa shape index (κ2) is 11.7. The summed E-state index contributed by atoms with van der Waals surface area (Å²) in [5.41, 5.74) is 0.192. The van der Waals surface area contributed by atoms with Crippen molar-refractivity contribution >= 4 is 51.3 Å². The quantitative estimate of drug-likeness (QED) is 0.0926. The van der Waals surface area contributed by atoms with Crippen molar-refractivity contribution in [2.75, 3.05) is 13.7 Å². The molecular formula is C29H23ClN4O8. The Morgan fingerprint density at radius 2 is 1.98 bits per heavy atom. The fourth-order valence-electron chi connectivity index (χ4n) is 4.18. The summed E-state index contributed by atoms with van der Waals surface area (Å²) in [5.74, 6) is -0.622. The predicted octanol–water partition coefficient (Wildman–Crippen LogP) is 5.59. The summed E-state index contributed by atoms with van der Waals surface area (Å²) in [4.78, 5) is 41.3. The van der Waals surface area contributed by atoms with Crippen molar-refractivity contribution in [1.82, 2.24) is 9.66 Å². The van der Waals surface area contributed by atoms with Crippen LogP contribution < -0.4 is 15.0 Å². The Balaban J connectivity index is 1.60. The molecule has 3 aromatic carbocycles. The van der Waals surface area contributed by atoms with Crippen molar-refractivity contribution in [2.24, 2.45) is 5.10 Å². The molecule has 5 rings (SSSR count). The van der Waals surface area contributed by atoms with Crippen LogP contribution in [0.4, 0.5) is 5.69 Å². The van der Waals surface area contributed by atoms with Crippen molar-refractivity contribution in [3.05, 3.63) is 91.7 Å². The Morgan fingerprint density at radius 3 is 2.71 bits per heavy atom. The molecule has 2 heterocycles. The number of esters is 1. The highest BCUT2D eigenvalue weighted by molar-refractivity contribution is 6.31. The van der Waals surface area contributed by atoms with Gasteiger partial charge in [-0.05, 0) is 56.3 Å². The zero-order valence-corrected chi connectivity index (χ0v) is 23.3. The van der Waals surface area contributed by atoms with Crippen LogP contribution in [0.25, 0.3) is 33.5 Å². The first kappa shape index (κ1) is 28.3. The molecule has 2 aromatic heterocycles. The van der Waals surface area contributed by atoms with Crippen LogP contribution >= 0.6 is 11.6 Å². The van der Waals surface area contributed by atoms with Crippen LogP contribution in [0.2, 0.25) is 5.02 Å². The number of benzene rings is 3. The van der Waals surface area contributed by atoms with Crippen molar-refractivity contribution in [1.29, 1.82) is 0 Å². The third kappa shape index (κ3) is 5.79. The van der Waals surface area contributed by atoms with Crippen LogP contribution in [0, 0.1) is 10.1 Å². The molecule has 0 radical (unpaired) electrons. The highest BCUT2D eigenvalue weighted by Gasteiger charge is 2.24. The van der Waals surface area contributed by atoms with Crippen LogP contribution in [-0.4, -0.2) is 46.6 Å². The molecule has 0 saturated heterocycles. The lowest BCUT2D eigenvalue weighted by atomic mass is 10.2. The van der Waals surface area contributed by atoms with Gasteiger partial charge in [-0.15, -0.1) is 0 Å². The lowest BCUT2D eigenvalue weighted by molar-refractivity contribution is -0.385. The molecule has 42 heavy (non-hydrogen) atoms. The number of carbonyl (C=O) groups is 1. The zero-order chi connectivity index (χ0) is 30.0. The summed E-state index contributed by atoms with van der Waals surface area (Å²) >= 11 is 6.13. The molecule has 214 valence electrons. The lowest BCUT2D eigenvalue weighted by Crippen LogP contribution is -2.20. The molecule has 0 fully saturated rings. The average molecular weight is 591 g/mol. The fourth-order valence-corrected chi connectivity index (χ4v) is 4.36. The van der Waals surface area contributed by atoms with E-state index in [1.807, 2.05) is 0 Å². The second-order valence-corrected chi connectivity index (χ2v) is 9.70. The molecule has 0 N–H and O–H groups in total. The Labute approximate surface area is 242 Å². The van der Waals surface area contributed by atoms with E-state index in [1.165, 1.54) is 25.5 Å². The zero-order valence-electron chi connectivity index (χ0n) is 22.6.